The van der Waals surface area contributed by atoms with Crippen LogP contribution in [0.25, 0.3) is 0 Å². The second kappa shape index (κ2) is 7.25. The Kier molecular flexibility index (Phi) is 5.54. The molecule has 2 aromatic rings. The van der Waals surface area contributed by atoms with Gasteiger partial charge in [0.1, 0.15) is 11.5 Å². The van der Waals surface area contributed by atoms with E-state index in [2.05, 4.69) is 21.0 Å². The molecule has 0 saturated carbocycles. The molecule has 1 N–H and O–H groups in total. The second-order valence-corrected chi connectivity index (χ2v) is 6.45. The zero-order valence-electron chi connectivity index (χ0n) is 14.4. The Bertz CT molecular complexity index is 770. The van der Waals surface area contributed by atoms with Gasteiger partial charge < -0.3 is 14.6 Å². The van der Waals surface area contributed by atoms with Crippen LogP contribution in [0.2, 0.25) is 0 Å². The normalized spacial score (nSPS) is 12.1. The number of hydrogen-bond donors (Lipinski definition) is 1. The van der Waals surface area contributed by atoms with Crippen molar-refractivity contribution in [3.63, 3.8) is 0 Å². The fourth-order valence-electron chi connectivity index (χ4n) is 2.40. The van der Waals surface area contributed by atoms with Crippen molar-refractivity contribution >= 4 is 21.9 Å². The lowest BCUT2D eigenvalue weighted by atomic mass is 10.2. The number of halogens is 1. The molecule has 0 aliphatic rings. The van der Waals surface area contributed by atoms with Crippen molar-refractivity contribution in [2.75, 3.05) is 0 Å². The molecule has 1 aromatic heterocycles. The number of carboxylic acids is 1. The van der Waals surface area contributed by atoms with E-state index >= 15 is 0 Å². The fraction of sp³-hybridized carbons (Fsp3) is 0.412. The smallest absolute Gasteiger partial charge is 0.344 e. The lowest BCUT2D eigenvalue weighted by Gasteiger charge is -2.16. The highest BCUT2D eigenvalue weighted by atomic mass is 79.9. The van der Waals surface area contributed by atoms with Crippen LogP contribution in [0.5, 0.6) is 17.4 Å². The minimum atomic E-state index is -1.03. The summed E-state index contributed by atoms with van der Waals surface area (Å²) in [5.74, 6) is 0.670. The molecule has 130 valence electrons. The first-order valence-electron chi connectivity index (χ1n) is 7.64. The topological polar surface area (TPSA) is 73.6 Å². The van der Waals surface area contributed by atoms with Crippen LogP contribution in [-0.2, 0) is 18.3 Å². The van der Waals surface area contributed by atoms with E-state index in [1.54, 1.807) is 10.7 Å². The molecular formula is C17H21BrN2O4. The first kappa shape index (κ1) is 18.3. The summed E-state index contributed by atoms with van der Waals surface area (Å²) in [4.78, 5) is 11.0. The molecule has 1 atom stereocenters. The van der Waals surface area contributed by atoms with Gasteiger partial charge >= 0.3 is 5.97 Å². The Balaban J connectivity index is 2.39. The summed E-state index contributed by atoms with van der Waals surface area (Å²) < 4.78 is 13.9. The SMILES string of the molecule is CCc1c(C)nn(C)c1Oc1cc(O[C@@H](C)C(=O)O)c(Br)cc1C. The summed E-state index contributed by atoms with van der Waals surface area (Å²) in [5, 5.41) is 13.4. The Morgan fingerprint density at radius 2 is 2.04 bits per heavy atom. The van der Waals surface area contributed by atoms with E-state index in [0.717, 1.165) is 23.2 Å². The minimum Gasteiger partial charge on any atom is -0.479 e. The van der Waals surface area contributed by atoms with Gasteiger partial charge in [0, 0.05) is 18.7 Å². The van der Waals surface area contributed by atoms with Crippen molar-refractivity contribution in [1.82, 2.24) is 9.78 Å². The third-order valence-electron chi connectivity index (χ3n) is 3.73. The number of hydrogen-bond acceptors (Lipinski definition) is 4. The van der Waals surface area contributed by atoms with Crippen LogP contribution in [0.15, 0.2) is 16.6 Å². The summed E-state index contributed by atoms with van der Waals surface area (Å²) >= 11 is 3.40. The average molecular weight is 397 g/mol. The van der Waals surface area contributed by atoms with E-state index in [4.69, 9.17) is 14.6 Å². The molecule has 6 nitrogen and oxygen atoms in total. The van der Waals surface area contributed by atoms with E-state index in [9.17, 15) is 4.79 Å². The molecule has 1 heterocycles. The molecule has 0 aliphatic carbocycles. The van der Waals surface area contributed by atoms with Crippen molar-refractivity contribution in [3.05, 3.63) is 33.4 Å². The monoisotopic (exact) mass is 396 g/mol. The number of carboxylic acid groups (broad SMARTS) is 1. The lowest BCUT2D eigenvalue weighted by molar-refractivity contribution is -0.144. The van der Waals surface area contributed by atoms with Gasteiger partial charge in [0.15, 0.2) is 6.10 Å². The van der Waals surface area contributed by atoms with Crippen molar-refractivity contribution in [2.45, 2.75) is 40.2 Å². The highest BCUT2D eigenvalue weighted by molar-refractivity contribution is 9.10. The number of ether oxygens (including phenoxy) is 2. The second-order valence-electron chi connectivity index (χ2n) is 5.59. The molecule has 0 unspecified atom stereocenters. The van der Waals surface area contributed by atoms with Crippen molar-refractivity contribution in [1.29, 1.82) is 0 Å². The zero-order chi connectivity index (χ0) is 18.0. The van der Waals surface area contributed by atoms with Gasteiger partial charge in [-0.2, -0.15) is 5.10 Å². The molecule has 0 fully saturated rings. The van der Waals surface area contributed by atoms with E-state index in [1.165, 1.54) is 6.92 Å². The largest absolute Gasteiger partial charge is 0.479 e. The summed E-state index contributed by atoms with van der Waals surface area (Å²) in [6.45, 7) is 7.39. The molecule has 0 radical (unpaired) electrons. The molecule has 2 rings (SSSR count). The third-order valence-corrected chi connectivity index (χ3v) is 4.35. The van der Waals surface area contributed by atoms with E-state index in [-0.39, 0.29) is 0 Å². The molecule has 7 heteroatoms. The Hall–Kier alpha value is -2.02. The third kappa shape index (κ3) is 3.72. The zero-order valence-corrected chi connectivity index (χ0v) is 16.0. The van der Waals surface area contributed by atoms with E-state index in [0.29, 0.717) is 21.9 Å². The Labute approximate surface area is 149 Å². The maximum atomic E-state index is 11.0. The average Bonchev–Trinajstić information content (AvgIpc) is 2.77. The molecule has 0 saturated heterocycles. The first-order chi connectivity index (χ1) is 11.2. The van der Waals surface area contributed by atoms with Crippen LogP contribution in [-0.4, -0.2) is 27.0 Å². The van der Waals surface area contributed by atoms with Crippen LogP contribution in [0.1, 0.15) is 30.7 Å². The number of benzene rings is 1. The summed E-state index contributed by atoms with van der Waals surface area (Å²) in [6, 6.07) is 3.54. The molecular weight excluding hydrogens is 376 g/mol. The van der Waals surface area contributed by atoms with Gasteiger partial charge in [0.25, 0.3) is 0 Å². The molecule has 1 aromatic carbocycles. The first-order valence-corrected chi connectivity index (χ1v) is 8.43. The molecule has 24 heavy (non-hydrogen) atoms. The van der Waals surface area contributed by atoms with Crippen molar-refractivity contribution in [2.24, 2.45) is 7.05 Å². The number of aliphatic carboxylic acids is 1. The van der Waals surface area contributed by atoms with Gasteiger partial charge in [0.2, 0.25) is 5.88 Å². The quantitative estimate of drug-likeness (QED) is 0.798. The number of carbonyl (C=O) groups is 1. The van der Waals surface area contributed by atoms with Gasteiger partial charge in [-0.25, -0.2) is 9.48 Å². The van der Waals surface area contributed by atoms with E-state index < -0.39 is 12.1 Å². The van der Waals surface area contributed by atoms with Crippen LogP contribution in [0, 0.1) is 13.8 Å². The van der Waals surface area contributed by atoms with Crippen LogP contribution < -0.4 is 9.47 Å². The van der Waals surface area contributed by atoms with Gasteiger partial charge in [-0.05, 0) is 54.8 Å². The summed E-state index contributed by atoms with van der Waals surface area (Å²) in [7, 11) is 1.83. The van der Waals surface area contributed by atoms with Gasteiger partial charge in [0.05, 0.1) is 10.2 Å². The standard InChI is InChI=1S/C17H21BrN2O4/c1-6-12-10(3)19-20(5)16(12)24-14-8-15(13(18)7-9(14)2)23-11(4)17(21)22/h7-8,11H,6H2,1-5H3,(H,21,22)/t11-/m0/s1. The molecule has 0 spiro atoms. The fourth-order valence-corrected chi connectivity index (χ4v) is 2.95. The van der Waals surface area contributed by atoms with Crippen LogP contribution in [0.3, 0.4) is 0 Å². The highest BCUT2D eigenvalue weighted by Crippen LogP contribution is 2.36. The van der Waals surface area contributed by atoms with Crippen LogP contribution in [0.4, 0.5) is 0 Å². The minimum absolute atomic E-state index is 0.419. The molecule has 0 amide bonds. The number of aromatic nitrogens is 2. The number of nitrogens with zero attached hydrogens (tertiary/aromatic N) is 2. The maximum absolute atomic E-state index is 11.0. The van der Waals surface area contributed by atoms with Gasteiger partial charge in [-0.15, -0.1) is 0 Å². The Morgan fingerprint density at radius 1 is 1.38 bits per heavy atom. The summed E-state index contributed by atoms with van der Waals surface area (Å²) in [5.41, 5.74) is 2.88. The number of rotatable bonds is 6. The number of aryl methyl sites for hydroxylation is 3. The predicted octanol–water partition coefficient (Wildman–Crippen LogP) is 4.01. The van der Waals surface area contributed by atoms with Crippen LogP contribution >= 0.6 is 15.9 Å². The predicted molar refractivity (Wildman–Crippen MR) is 94.0 cm³/mol. The Morgan fingerprint density at radius 3 is 2.62 bits per heavy atom. The molecule has 0 bridgehead atoms. The van der Waals surface area contributed by atoms with E-state index in [1.807, 2.05) is 33.9 Å². The van der Waals surface area contributed by atoms with Gasteiger partial charge in [-0.1, -0.05) is 6.92 Å². The van der Waals surface area contributed by atoms with Crippen molar-refractivity contribution < 1.29 is 19.4 Å². The summed E-state index contributed by atoms with van der Waals surface area (Å²) in [6.07, 6.45) is -0.147. The lowest BCUT2D eigenvalue weighted by Crippen LogP contribution is -2.23. The van der Waals surface area contributed by atoms with Crippen molar-refractivity contribution in [3.8, 4) is 17.4 Å². The van der Waals surface area contributed by atoms with Gasteiger partial charge in [-0.3, -0.25) is 0 Å². The highest BCUT2D eigenvalue weighted by Gasteiger charge is 2.19. The molecule has 0 aliphatic heterocycles. The maximum Gasteiger partial charge on any atom is 0.344 e.